The van der Waals surface area contributed by atoms with Gasteiger partial charge in [0.25, 0.3) is 0 Å². The second-order valence-corrected chi connectivity index (χ2v) is 5.88. The van der Waals surface area contributed by atoms with Crippen molar-refractivity contribution in [2.24, 2.45) is 5.92 Å². The van der Waals surface area contributed by atoms with Gasteiger partial charge in [-0.15, -0.1) is 0 Å². The quantitative estimate of drug-likeness (QED) is 0.919. The number of hydrogen-bond acceptors (Lipinski definition) is 4. The Balaban J connectivity index is 2.17. The Morgan fingerprint density at radius 2 is 2.00 bits per heavy atom. The first-order valence-electron chi connectivity index (χ1n) is 7.33. The summed E-state index contributed by atoms with van der Waals surface area (Å²) >= 11 is 0. The minimum atomic E-state index is -1.08. The highest BCUT2D eigenvalue weighted by atomic mass is 16.4. The number of nitrogens with zero attached hydrogens (tertiary/aromatic N) is 3. The molecule has 0 bridgehead atoms. The molecule has 2 atom stereocenters. The maximum absolute atomic E-state index is 11.3. The van der Waals surface area contributed by atoms with E-state index in [1.165, 1.54) is 6.42 Å². The molecular weight excluding hydrogens is 266 g/mol. The topological polar surface area (TPSA) is 66.3 Å². The van der Waals surface area contributed by atoms with E-state index in [1.807, 2.05) is 24.3 Å². The third-order valence-corrected chi connectivity index (χ3v) is 4.16. The molecule has 2 aromatic rings. The van der Waals surface area contributed by atoms with Crippen molar-refractivity contribution in [3.8, 4) is 0 Å². The summed E-state index contributed by atoms with van der Waals surface area (Å²) in [7, 11) is 0. The van der Waals surface area contributed by atoms with Gasteiger partial charge in [0.15, 0.2) is 0 Å². The fraction of sp³-hybridized carbons (Fsp3) is 0.438. The highest BCUT2D eigenvalue weighted by Gasteiger charge is 2.26. The van der Waals surface area contributed by atoms with Crippen molar-refractivity contribution in [2.45, 2.75) is 32.7 Å². The van der Waals surface area contributed by atoms with Crippen LogP contribution in [0, 0.1) is 5.92 Å². The van der Waals surface area contributed by atoms with Gasteiger partial charge in [-0.25, -0.2) is 14.8 Å². The fourth-order valence-electron chi connectivity index (χ4n) is 2.96. The van der Waals surface area contributed by atoms with Gasteiger partial charge < -0.3 is 10.0 Å². The number of piperidine rings is 1. The Morgan fingerprint density at radius 1 is 1.24 bits per heavy atom. The molecule has 2 unspecified atom stereocenters. The largest absolute Gasteiger partial charge is 0.475 e. The van der Waals surface area contributed by atoms with Gasteiger partial charge in [-0.1, -0.05) is 19.1 Å². The number of aromatic carboxylic acids is 1. The van der Waals surface area contributed by atoms with Crippen LogP contribution in [0.5, 0.6) is 0 Å². The second-order valence-electron chi connectivity index (χ2n) is 5.88. The summed E-state index contributed by atoms with van der Waals surface area (Å²) < 4.78 is 0. The molecule has 21 heavy (non-hydrogen) atoms. The van der Waals surface area contributed by atoms with Gasteiger partial charge in [0.2, 0.25) is 5.82 Å². The maximum atomic E-state index is 11.3. The normalized spacial score (nSPS) is 22.5. The molecule has 1 aliphatic rings. The molecule has 0 saturated carbocycles. The van der Waals surface area contributed by atoms with Gasteiger partial charge in [-0.2, -0.15) is 0 Å². The predicted molar refractivity (Wildman–Crippen MR) is 81.7 cm³/mol. The van der Waals surface area contributed by atoms with Crippen LogP contribution in [0.2, 0.25) is 0 Å². The molecule has 1 aliphatic heterocycles. The summed E-state index contributed by atoms with van der Waals surface area (Å²) in [5.41, 5.74) is 0.685. The average molecular weight is 285 g/mol. The van der Waals surface area contributed by atoms with Crippen molar-refractivity contribution in [1.29, 1.82) is 0 Å². The van der Waals surface area contributed by atoms with Gasteiger partial charge >= 0.3 is 5.97 Å². The lowest BCUT2D eigenvalue weighted by Gasteiger charge is -2.38. The zero-order valence-corrected chi connectivity index (χ0v) is 12.3. The summed E-state index contributed by atoms with van der Waals surface area (Å²) in [4.78, 5) is 22.0. The van der Waals surface area contributed by atoms with E-state index in [4.69, 9.17) is 0 Å². The van der Waals surface area contributed by atoms with Crippen LogP contribution in [0.15, 0.2) is 24.3 Å². The average Bonchev–Trinajstić information content (AvgIpc) is 2.48. The summed E-state index contributed by atoms with van der Waals surface area (Å²) in [5.74, 6) is 0.120. The lowest BCUT2D eigenvalue weighted by atomic mass is 9.95. The van der Waals surface area contributed by atoms with E-state index in [9.17, 15) is 9.90 Å². The van der Waals surface area contributed by atoms with E-state index in [1.54, 1.807) is 0 Å². The van der Waals surface area contributed by atoms with Gasteiger partial charge in [-0.05, 0) is 37.8 Å². The minimum absolute atomic E-state index is 0.130. The van der Waals surface area contributed by atoms with Gasteiger partial charge in [0.1, 0.15) is 5.82 Å². The first kappa shape index (κ1) is 13.8. The smallest absolute Gasteiger partial charge is 0.374 e. The molecule has 3 rings (SSSR count). The van der Waals surface area contributed by atoms with Crippen molar-refractivity contribution in [3.63, 3.8) is 0 Å². The molecule has 1 saturated heterocycles. The van der Waals surface area contributed by atoms with Crippen LogP contribution in [0.3, 0.4) is 0 Å². The zero-order chi connectivity index (χ0) is 15.0. The zero-order valence-electron chi connectivity index (χ0n) is 12.3. The number of hydrogen-bond donors (Lipinski definition) is 1. The maximum Gasteiger partial charge on any atom is 0.374 e. The summed E-state index contributed by atoms with van der Waals surface area (Å²) in [6.45, 7) is 5.30. The third kappa shape index (κ3) is 2.55. The standard InChI is InChI=1S/C16H19N3O2/c1-10-7-8-11(2)19(9-10)15-12-5-3-4-6-13(12)17-14(18-15)16(20)21/h3-6,10-11H,7-9H2,1-2H3,(H,20,21). The Kier molecular flexibility index (Phi) is 3.49. The van der Waals surface area contributed by atoms with E-state index in [2.05, 4.69) is 28.7 Å². The number of carboxylic acid groups (broad SMARTS) is 1. The molecule has 0 radical (unpaired) electrons. The molecule has 1 aromatic heterocycles. The Hall–Kier alpha value is -2.17. The summed E-state index contributed by atoms with van der Waals surface area (Å²) in [6.07, 6.45) is 2.30. The number of carboxylic acids is 1. The van der Waals surface area contributed by atoms with Crippen LogP contribution < -0.4 is 4.90 Å². The lowest BCUT2D eigenvalue weighted by Crippen LogP contribution is -2.42. The second kappa shape index (κ2) is 5.31. The molecule has 5 heteroatoms. The van der Waals surface area contributed by atoms with Crippen molar-refractivity contribution in [1.82, 2.24) is 9.97 Å². The van der Waals surface area contributed by atoms with E-state index in [-0.39, 0.29) is 5.82 Å². The summed E-state index contributed by atoms with van der Waals surface area (Å²) in [5, 5.41) is 10.2. The monoisotopic (exact) mass is 285 g/mol. The molecule has 2 heterocycles. The first-order chi connectivity index (χ1) is 10.1. The number of rotatable bonds is 2. The minimum Gasteiger partial charge on any atom is -0.475 e. The molecular formula is C16H19N3O2. The Bertz CT molecular complexity index is 686. The van der Waals surface area contributed by atoms with Crippen LogP contribution >= 0.6 is 0 Å². The van der Waals surface area contributed by atoms with Crippen molar-refractivity contribution in [2.75, 3.05) is 11.4 Å². The molecule has 0 spiro atoms. The highest BCUT2D eigenvalue weighted by molar-refractivity contribution is 5.94. The van der Waals surface area contributed by atoms with Crippen LogP contribution in [0.1, 0.15) is 37.3 Å². The van der Waals surface area contributed by atoms with Crippen LogP contribution in [-0.4, -0.2) is 33.6 Å². The van der Waals surface area contributed by atoms with E-state index in [0.717, 1.165) is 24.2 Å². The number of anilines is 1. The summed E-state index contributed by atoms with van der Waals surface area (Å²) in [6, 6.07) is 7.97. The molecule has 5 nitrogen and oxygen atoms in total. The molecule has 1 N–H and O–H groups in total. The van der Waals surface area contributed by atoms with Gasteiger partial charge in [-0.3, -0.25) is 0 Å². The highest BCUT2D eigenvalue weighted by Crippen LogP contribution is 2.31. The number of para-hydroxylation sites is 1. The Morgan fingerprint density at radius 3 is 2.76 bits per heavy atom. The van der Waals surface area contributed by atoms with E-state index >= 15 is 0 Å². The number of benzene rings is 1. The van der Waals surface area contributed by atoms with Crippen LogP contribution in [0.4, 0.5) is 5.82 Å². The van der Waals surface area contributed by atoms with Crippen LogP contribution in [0.25, 0.3) is 10.9 Å². The SMILES string of the molecule is CC1CCC(C)N(c2nc(C(=O)O)nc3ccccc23)C1. The van der Waals surface area contributed by atoms with E-state index < -0.39 is 5.97 Å². The third-order valence-electron chi connectivity index (χ3n) is 4.16. The number of fused-ring (bicyclic) bond motifs is 1. The van der Waals surface area contributed by atoms with Crippen molar-refractivity contribution < 1.29 is 9.90 Å². The van der Waals surface area contributed by atoms with Gasteiger partial charge in [0.05, 0.1) is 5.52 Å². The van der Waals surface area contributed by atoms with Crippen molar-refractivity contribution >= 4 is 22.7 Å². The number of carbonyl (C=O) groups is 1. The Labute approximate surface area is 123 Å². The molecule has 1 fully saturated rings. The molecule has 0 aliphatic carbocycles. The van der Waals surface area contributed by atoms with Crippen molar-refractivity contribution in [3.05, 3.63) is 30.1 Å². The first-order valence-corrected chi connectivity index (χ1v) is 7.33. The van der Waals surface area contributed by atoms with E-state index in [0.29, 0.717) is 17.5 Å². The molecule has 0 amide bonds. The number of aromatic nitrogens is 2. The molecule has 1 aromatic carbocycles. The lowest BCUT2D eigenvalue weighted by molar-refractivity contribution is 0.0684. The fourth-order valence-corrected chi connectivity index (χ4v) is 2.96. The predicted octanol–water partition coefficient (Wildman–Crippen LogP) is 2.95. The van der Waals surface area contributed by atoms with Gasteiger partial charge in [0, 0.05) is 18.0 Å². The van der Waals surface area contributed by atoms with Crippen LogP contribution in [-0.2, 0) is 0 Å². The molecule has 110 valence electrons.